The Balaban J connectivity index is 2.94. The molecule has 0 radical (unpaired) electrons. The van der Waals surface area contributed by atoms with Crippen molar-refractivity contribution in [3.63, 3.8) is 0 Å². The van der Waals surface area contributed by atoms with E-state index in [1.54, 1.807) is 38.4 Å². The molecule has 6 heteroatoms. The summed E-state index contributed by atoms with van der Waals surface area (Å²) in [6.45, 7) is -0.259. The van der Waals surface area contributed by atoms with Crippen LogP contribution >= 0.6 is 0 Å². The average molecular weight is 234 g/mol. The highest BCUT2D eigenvalue weighted by Crippen LogP contribution is 2.18. The van der Waals surface area contributed by atoms with Gasteiger partial charge in [0, 0.05) is 24.6 Å². The molecule has 1 aromatic carbocycles. The number of rotatable bonds is 4. The number of benzene rings is 1. The van der Waals surface area contributed by atoms with Gasteiger partial charge in [0.25, 0.3) is 5.91 Å². The largest absolute Gasteiger partial charge is 0.396 e. The minimum Gasteiger partial charge on any atom is -0.396 e. The van der Waals surface area contributed by atoms with Crippen molar-refractivity contribution in [3.05, 3.63) is 45.8 Å². The maximum Gasteiger partial charge on any atom is 0.253 e. The molecule has 1 N–H and O–H groups in total. The lowest BCUT2D eigenvalue weighted by Gasteiger charge is -2.12. The van der Waals surface area contributed by atoms with E-state index in [0.717, 1.165) is 0 Å². The Hall–Kier alpha value is -2.04. The first-order chi connectivity index (χ1) is 8.10. The van der Waals surface area contributed by atoms with Gasteiger partial charge >= 0.3 is 0 Å². The van der Waals surface area contributed by atoms with Crippen LogP contribution in [0.1, 0.15) is 22.0 Å². The molecule has 0 heterocycles. The van der Waals surface area contributed by atoms with Crippen LogP contribution in [-0.4, -0.2) is 36.6 Å². The standard InChI is InChI=1S/C11H14N4O2/c1-15(2)11(17)9-5-3-8(4-6-9)10(7-16)13-14-12/h3-6,10,16H,7H2,1-2H3. The Morgan fingerprint density at radius 2 is 2.06 bits per heavy atom. The van der Waals surface area contributed by atoms with Gasteiger partial charge in [-0.25, -0.2) is 0 Å². The summed E-state index contributed by atoms with van der Waals surface area (Å²) in [5, 5.41) is 12.5. The van der Waals surface area contributed by atoms with Crippen molar-refractivity contribution in [2.45, 2.75) is 6.04 Å². The molecule has 1 atom stereocenters. The molecule has 0 aliphatic carbocycles. The maximum absolute atomic E-state index is 11.6. The quantitative estimate of drug-likeness (QED) is 0.488. The molecule has 1 aromatic rings. The number of hydrogen-bond donors (Lipinski definition) is 1. The summed E-state index contributed by atoms with van der Waals surface area (Å²) >= 11 is 0. The van der Waals surface area contributed by atoms with Crippen molar-refractivity contribution in [2.24, 2.45) is 5.11 Å². The summed E-state index contributed by atoms with van der Waals surface area (Å²) in [4.78, 5) is 15.8. The van der Waals surface area contributed by atoms with Crippen LogP contribution in [0.2, 0.25) is 0 Å². The average Bonchev–Trinajstić information content (AvgIpc) is 2.35. The molecule has 6 nitrogen and oxygen atoms in total. The van der Waals surface area contributed by atoms with Crippen molar-refractivity contribution in [1.29, 1.82) is 0 Å². The second-order valence-electron chi connectivity index (χ2n) is 3.72. The lowest BCUT2D eigenvalue weighted by atomic mass is 10.1. The summed E-state index contributed by atoms with van der Waals surface area (Å²) in [7, 11) is 3.35. The van der Waals surface area contributed by atoms with E-state index in [1.165, 1.54) is 4.90 Å². The van der Waals surface area contributed by atoms with Crippen molar-refractivity contribution < 1.29 is 9.90 Å². The van der Waals surface area contributed by atoms with E-state index >= 15 is 0 Å². The van der Waals surface area contributed by atoms with Gasteiger partial charge < -0.3 is 10.0 Å². The number of aliphatic hydroxyl groups excluding tert-OH is 1. The Labute approximate surface area is 99.1 Å². The van der Waals surface area contributed by atoms with Crippen LogP contribution in [-0.2, 0) is 0 Å². The van der Waals surface area contributed by atoms with Gasteiger partial charge in [-0.3, -0.25) is 4.79 Å². The van der Waals surface area contributed by atoms with Crippen LogP contribution < -0.4 is 0 Å². The van der Waals surface area contributed by atoms with Crippen molar-refractivity contribution >= 4 is 5.91 Å². The maximum atomic E-state index is 11.6. The van der Waals surface area contributed by atoms with Gasteiger partial charge in [-0.1, -0.05) is 17.2 Å². The van der Waals surface area contributed by atoms with Gasteiger partial charge in [0.2, 0.25) is 0 Å². The van der Waals surface area contributed by atoms with Crippen LogP contribution in [0, 0.1) is 0 Å². The second-order valence-corrected chi connectivity index (χ2v) is 3.72. The summed E-state index contributed by atoms with van der Waals surface area (Å²) in [6.07, 6.45) is 0. The van der Waals surface area contributed by atoms with Crippen LogP contribution in [0.25, 0.3) is 10.4 Å². The molecule has 17 heavy (non-hydrogen) atoms. The SMILES string of the molecule is CN(C)C(=O)c1ccc(C(CO)N=[N+]=[N-])cc1. The number of amides is 1. The molecule has 0 bridgehead atoms. The van der Waals surface area contributed by atoms with E-state index in [2.05, 4.69) is 10.0 Å². The Kier molecular flexibility index (Phi) is 4.51. The Bertz CT molecular complexity index is 435. The van der Waals surface area contributed by atoms with Crippen LogP contribution in [0.5, 0.6) is 0 Å². The minimum atomic E-state index is -0.608. The third-order valence-corrected chi connectivity index (χ3v) is 2.31. The monoisotopic (exact) mass is 234 g/mol. The first kappa shape index (κ1) is 13.0. The summed E-state index contributed by atoms with van der Waals surface area (Å²) in [6, 6.07) is 6.03. The minimum absolute atomic E-state index is 0.0964. The van der Waals surface area contributed by atoms with Crippen molar-refractivity contribution in [3.8, 4) is 0 Å². The van der Waals surface area contributed by atoms with E-state index in [-0.39, 0.29) is 12.5 Å². The van der Waals surface area contributed by atoms with Crippen molar-refractivity contribution in [1.82, 2.24) is 4.90 Å². The van der Waals surface area contributed by atoms with E-state index in [9.17, 15) is 4.79 Å². The van der Waals surface area contributed by atoms with E-state index in [4.69, 9.17) is 10.6 Å². The summed E-state index contributed by atoms with van der Waals surface area (Å²) in [5.74, 6) is -0.0964. The number of carbonyl (C=O) groups is 1. The molecule has 1 unspecified atom stereocenters. The van der Waals surface area contributed by atoms with Gasteiger partial charge in [-0.2, -0.15) is 0 Å². The molecule has 0 saturated carbocycles. The Morgan fingerprint density at radius 1 is 1.47 bits per heavy atom. The fraction of sp³-hybridized carbons (Fsp3) is 0.364. The van der Waals surface area contributed by atoms with Crippen LogP contribution in [0.3, 0.4) is 0 Å². The summed E-state index contributed by atoms with van der Waals surface area (Å²) < 4.78 is 0. The zero-order valence-corrected chi connectivity index (χ0v) is 9.74. The van der Waals surface area contributed by atoms with Crippen molar-refractivity contribution in [2.75, 3.05) is 20.7 Å². The number of nitrogens with zero attached hydrogens (tertiary/aromatic N) is 4. The summed E-state index contributed by atoms with van der Waals surface area (Å²) in [5.41, 5.74) is 9.56. The van der Waals surface area contributed by atoms with Crippen LogP contribution in [0.4, 0.5) is 0 Å². The molecule has 0 fully saturated rings. The lowest BCUT2D eigenvalue weighted by molar-refractivity contribution is 0.0827. The van der Waals surface area contributed by atoms with E-state index in [1.807, 2.05) is 0 Å². The zero-order valence-electron chi connectivity index (χ0n) is 9.74. The molecule has 0 saturated heterocycles. The van der Waals surface area contributed by atoms with Gasteiger partial charge in [0.1, 0.15) is 0 Å². The predicted molar refractivity (Wildman–Crippen MR) is 63.4 cm³/mol. The van der Waals surface area contributed by atoms with Gasteiger partial charge in [-0.05, 0) is 23.2 Å². The highest BCUT2D eigenvalue weighted by Gasteiger charge is 2.11. The van der Waals surface area contributed by atoms with Gasteiger partial charge in [0.05, 0.1) is 12.6 Å². The molecule has 0 aromatic heterocycles. The van der Waals surface area contributed by atoms with E-state index < -0.39 is 6.04 Å². The van der Waals surface area contributed by atoms with Gasteiger partial charge in [-0.15, -0.1) is 0 Å². The second kappa shape index (κ2) is 5.89. The molecule has 0 aliphatic heterocycles. The van der Waals surface area contributed by atoms with Gasteiger partial charge in [0.15, 0.2) is 0 Å². The predicted octanol–water partition coefficient (Wildman–Crippen LogP) is 1.73. The molecule has 1 amide bonds. The first-order valence-electron chi connectivity index (χ1n) is 5.06. The Morgan fingerprint density at radius 3 is 2.47 bits per heavy atom. The molecule has 0 spiro atoms. The molecular formula is C11H14N4O2. The van der Waals surface area contributed by atoms with E-state index in [0.29, 0.717) is 11.1 Å². The molecule has 1 rings (SSSR count). The topological polar surface area (TPSA) is 89.3 Å². The smallest absolute Gasteiger partial charge is 0.253 e. The third-order valence-electron chi connectivity index (χ3n) is 2.31. The highest BCUT2D eigenvalue weighted by atomic mass is 16.3. The normalized spacial score (nSPS) is 11.5. The lowest BCUT2D eigenvalue weighted by Crippen LogP contribution is -2.21. The number of carbonyl (C=O) groups excluding carboxylic acids is 1. The molecule has 90 valence electrons. The number of aliphatic hydroxyl groups is 1. The number of azide groups is 1. The van der Waals surface area contributed by atoms with Crippen LogP contribution in [0.15, 0.2) is 29.4 Å². The number of hydrogen-bond acceptors (Lipinski definition) is 3. The first-order valence-corrected chi connectivity index (χ1v) is 5.06. The molecular weight excluding hydrogens is 220 g/mol. The zero-order chi connectivity index (χ0) is 12.8. The fourth-order valence-electron chi connectivity index (χ4n) is 1.38. The third kappa shape index (κ3) is 3.21. The molecule has 0 aliphatic rings. The fourth-order valence-corrected chi connectivity index (χ4v) is 1.38. The highest BCUT2D eigenvalue weighted by molar-refractivity contribution is 5.93.